The van der Waals surface area contributed by atoms with E-state index in [1.165, 1.54) is 11.2 Å². The monoisotopic (exact) mass is 398 g/mol. The Hall–Kier alpha value is -3.09. The molecule has 2 atom stereocenters. The lowest BCUT2D eigenvalue weighted by molar-refractivity contribution is -0.148. The summed E-state index contributed by atoms with van der Waals surface area (Å²) in [7, 11) is 0. The quantitative estimate of drug-likeness (QED) is 0.690. The topological polar surface area (TPSA) is 88.9 Å². The van der Waals surface area contributed by atoms with Gasteiger partial charge in [0.2, 0.25) is 5.91 Å². The number of ether oxygens (including phenoxy) is 1. The number of carbonyl (C=O) groups excluding carboxylic acids is 3. The first-order valence-corrected chi connectivity index (χ1v) is 9.93. The molecule has 0 aliphatic carbocycles. The van der Waals surface area contributed by atoms with Crippen molar-refractivity contribution in [3.63, 3.8) is 0 Å². The first-order chi connectivity index (χ1) is 14.1. The maximum atomic E-state index is 12.8. The SMILES string of the molecule is CCOC(=O)C(CNC(=O)C1CCCN1C(=O)c1ccco1)Cc1ccccc1. The summed E-state index contributed by atoms with van der Waals surface area (Å²) in [6.45, 7) is 2.70. The molecule has 29 heavy (non-hydrogen) atoms. The van der Waals surface area contributed by atoms with E-state index >= 15 is 0 Å². The number of furan rings is 1. The molecule has 1 N–H and O–H groups in total. The van der Waals surface area contributed by atoms with Crippen molar-refractivity contribution < 1.29 is 23.5 Å². The van der Waals surface area contributed by atoms with Crippen LogP contribution in [-0.4, -0.2) is 48.4 Å². The fourth-order valence-electron chi connectivity index (χ4n) is 3.56. The minimum absolute atomic E-state index is 0.159. The zero-order valence-electron chi connectivity index (χ0n) is 16.5. The number of esters is 1. The molecule has 1 saturated heterocycles. The van der Waals surface area contributed by atoms with E-state index in [1.807, 2.05) is 30.3 Å². The smallest absolute Gasteiger partial charge is 0.311 e. The van der Waals surface area contributed by atoms with Crippen molar-refractivity contribution in [2.75, 3.05) is 19.7 Å². The molecular formula is C22H26N2O5. The molecule has 1 aromatic carbocycles. The second-order valence-corrected chi connectivity index (χ2v) is 7.02. The van der Waals surface area contributed by atoms with Gasteiger partial charge < -0.3 is 19.4 Å². The molecule has 3 rings (SSSR count). The van der Waals surface area contributed by atoms with Gasteiger partial charge in [-0.05, 0) is 43.9 Å². The van der Waals surface area contributed by atoms with E-state index in [9.17, 15) is 14.4 Å². The Bertz CT molecular complexity index is 819. The van der Waals surface area contributed by atoms with Crippen LogP contribution < -0.4 is 5.32 Å². The number of carbonyl (C=O) groups is 3. The van der Waals surface area contributed by atoms with Crippen LogP contribution in [-0.2, 0) is 20.7 Å². The van der Waals surface area contributed by atoms with Gasteiger partial charge in [-0.25, -0.2) is 0 Å². The van der Waals surface area contributed by atoms with E-state index in [4.69, 9.17) is 9.15 Å². The molecule has 2 heterocycles. The Morgan fingerprint density at radius 2 is 2.00 bits per heavy atom. The minimum atomic E-state index is -0.563. The van der Waals surface area contributed by atoms with Crippen LogP contribution in [0.15, 0.2) is 53.1 Å². The number of amides is 2. The standard InChI is InChI=1S/C22H26N2O5/c1-2-28-22(27)17(14-16-8-4-3-5-9-16)15-23-20(25)18-10-6-12-24(18)21(26)19-11-7-13-29-19/h3-5,7-9,11,13,17-18H,2,6,10,12,14-15H2,1H3,(H,23,25). The highest BCUT2D eigenvalue weighted by atomic mass is 16.5. The molecular weight excluding hydrogens is 372 g/mol. The molecule has 0 radical (unpaired) electrons. The van der Waals surface area contributed by atoms with E-state index in [0.29, 0.717) is 19.4 Å². The van der Waals surface area contributed by atoms with Crippen molar-refractivity contribution in [1.29, 1.82) is 0 Å². The molecule has 0 spiro atoms. The van der Waals surface area contributed by atoms with Gasteiger partial charge in [-0.2, -0.15) is 0 Å². The van der Waals surface area contributed by atoms with Gasteiger partial charge in [-0.3, -0.25) is 14.4 Å². The highest BCUT2D eigenvalue weighted by molar-refractivity contribution is 5.96. The molecule has 154 valence electrons. The zero-order chi connectivity index (χ0) is 20.6. The molecule has 1 aromatic heterocycles. The maximum absolute atomic E-state index is 12.8. The average Bonchev–Trinajstić information content (AvgIpc) is 3.43. The van der Waals surface area contributed by atoms with Crippen molar-refractivity contribution in [3.05, 3.63) is 60.1 Å². The van der Waals surface area contributed by atoms with E-state index in [-0.39, 0.29) is 36.7 Å². The summed E-state index contributed by atoms with van der Waals surface area (Å²) >= 11 is 0. The van der Waals surface area contributed by atoms with Crippen LogP contribution in [0.3, 0.4) is 0 Å². The molecule has 7 nitrogen and oxygen atoms in total. The van der Waals surface area contributed by atoms with Gasteiger partial charge in [0.15, 0.2) is 5.76 Å². The average molecular weight is 398 g/mol. The summed E-state index contributed by atoms with van der Waals surface area (Å²) in [6.07, 6.45) is 3.24. The molecule has 1 aliphatic rings. The lowest BCUT2D eigenvalue weighted by Crippen LogP contribution is -2.47. The second-order valence-electron chi connectivity index (χ2n) is 7.02. The van der Waals surface area contributed by atoms with Gasteiger partial charge in [0, 0.05) is 13.1 Å². The lowest BCUT2D eigenvalue weighted by atomic mass is 9.99. The Balaban J connectivity index is 1.62. The summed E-state index contributed by atoms with van der Waals surface area (Å²) in [5.41, 5.74) is 0.996. The van der Waals surface area contributed by atoms with Gasteiger partial charge in [-0.1, -0.05) is 30.3 Å². The number of nitrogens with zero attached hydrogens (tertiary/aromatic N) is 1. The summed E-state index contributed by atoms with van der Waals surface area (Å²) < 4.78 is 10.3. The molecule has 1 aliphatic heterocycles. The van der Waals surface area contributed by atoms with Crippen molar-refractivity contribution in [2.45, 2.75) is 32.2 Å². The molecule has 1 fully saturated rings. The van der Waals surface area contributed by atoms with Gasteiger partial charge in [0.05, 0.1) is 18.8 Å². The number of hydrogen-bond acceptors (Lipinski definition) is 5. The highest BCUT2D eigenvalue weighted by Gasteiger charge is 2.36. The van der Waals surface area contributed by atoms with E-state index < -0.39 is 12.0 Å². The van der Waals surface area contributed by atoms with Crippen LogP contribution in [0, 0.1) is 5.92 Å². The van der Waals surface area contributed by atoms with Crippen LogP contribution in [0.25, 0.3) is 0 Å². The molecule has 2 aromatic rings. The van der Waals surface area contributed by atoms with E-state index in [2.05, 4.69) is 5.32 Å². The van der Waals surface area contributed by atoms with Crippen molar-refractivity contribution in [2.24, 2.45) is 5.92 Å². The Labute approximate surface area is 170 Å². The van der Waals surface area contributed by atoms with Crippen molar-refractivity contribution in [3.8, 4) is 0 Å². The van der Waals surface area contributed by atoms with Crippen LogP contribution in [0.2, 0.25) is 0 Å². The van der Waals surface area contributed by atoms with Crippen LogP contribution >= 0.6 is 0 Å². The highest BCUT2D eigenvalue weighted by Crippen LogP contribution is 2.21. The van der Waals surface area contributed by atoms with E-state index in [1.54, 1.807) is 19.1 Å². The van der Waals surface area contributed by atoms with Crippen LogP contribution in [0.5, 0.6) is 0 Å². The molecule has 0 saturated carbocycles. The largest absolute Gasteiger partial charge is 0.466 e. The van der Waals surface area contributed by atoms with Crippen molar-refractivity contribution >= 4 is 17.8 Å². The fourth-order valence-corrected chi connectivity index (χ4v) is 3.56. The Kier molecular flexibility index (Phi) is 7.05. The molecule has 2 unspecified atom stereocenters. The summed E-state index contributed by atoms with van der Waals surface area (Å²) in [5, 5.41) is 2.85. The van der Waals surface area contributed by atoms with E-state index in [0.717, 1.165) is 12.0 Å². The molecule has 2 amide bonds. The first kappa shape index (κ1) is 20.6. The molecule has 0 bridgehead atoms. The number of rotatable bonds is 8. The van der Waals surface area contributed by atoms with Gasteiger partial charge in [0.1, 0.15) is 6.04 Å². The Morgan fingerprint density at radius 3 is 2.69 bits per heavy atom. The van der Waals surface area contributed by atoms with Crippen LogP contribution in [0.4, 0.5) is 0 Å². The van der Waals surface area contributed by atoms with Crippen LogP contribution in [0.1, 0.15) is 35.9 Å². The minimum Gasteiger partial charge on any atom is -0.466 e. The summed E-state index contributed by atoms with van der Waals surface area (Å²) in [5.74, 6) is -1.16. The number of nitrogens with one attached hydrogen (secondary N) is 1. The number of likely N-dealkylation sites (tertiary alicyclic amines) is 1. The fraction of sp³-hybridized carbons (Fsp3) is 0.409. The number of benzene rings is 1. The van der Waals surface area contributed by atoms with Crippen molar-refractivity contribution in [1.82, 2.24) is 10.2 Å². The number of hydrogen-bond donors (Lipinski definition) is 1. The summed E-state index contributed by atoms with van der Waals surface area (Å²) in [6, 6.07) is 12.3. The second kappa shape index (κ2) is 9.91. The third kappa shape index (κ3) is 5.25. The third-order valence-electron chi connectivity index (χ3n) is 5.02. The molecule has 7 heteroatoms. The first-order valence-electron chi connectivity index (χ1n) is 9.93. The predicted octanol–water partition coefficient (Wildman–Crippen LogP) is 2.42. The third-order valence-corrected chi connectivity index (χ3v) is 5.02. The van der Waals surface area contributed by atoms with Gasteiger partial charge >= 0.3 is 5.97 Å². The Morgan fingerprint density at radius 1 is 1.21 bits per heavy atom. The normalized spacial score (nSPS) is 17.0. The van der Waals surface area contributed by atoms with Gasteiger partial charge in [0.25, 0.3) is 5.91 Å². The zero-order valence-corrected chi connectivity index (χ0v) is 16.5. The predicted molar refractivity (Wildman–Crippen MR) is 106 cm³/mol. The van der Waals surface area contributed by atoms with Gasteiger partial charge in [-0.15, -0.1) is 0 Å². The summed E-state index contributed by atoms with van der Waals surface area (Å²) in [4.78, 5) is 39.2. The maximum Gasteiger partial charge on any atom is 0.311 e. The lowest BCUT2D eigenvalue weighted by Gasteiger charge is -2.24.